The highest BCUT2D eigenvalue weighted by Gasteiger charge is 2.31. The SMILES string of the molecule is CO[C@@H]1CN(C)C(=O)c2ccc(NC(C)=O)cc2OC[C@H](C)N(C(=O)c2ccc(F)cc2)C[C@@H]1C. The van der Waals surface area contributed by atoms with Crippen molar-refractivity contribution in [2.75, 3.05) is 39.2 Å². The molecular weight excluding hydrogens is 453 g/mol. The number of hydrogen-bond donors (Lipinski definition) is 1. The number of anilines is 1. The van der Waals surface area contributed by atoms with Crippen LogP contribution in [0.1, 0.15) is 41.5 Å². The third kappa shape index (κ3) is 6.36. The fourth-order valence-electron chi connectivity index (χ4n) is 4.09. The van der Waals surface area contributed by atoms with Crippen LogP contribution in [-0.2, 0) is 9.53 Å². The van der Waals surface area contributed by atoms with E-state index in [-0.39, 0.29) is 42.4 Å². The summed E-state index contributed by atoms with van der Waals surface area (Å²) in [5, 5.41) is 2.69. The quantitative estimate of drug-likeness (QED) is 0.720. The van der Waals surface area contributed by atoms with Gasteiger partial charge in [0, 0.05) is 57.4 Å². The molecule has 3 rings (SSSR count). The van der Waals surface area contributed by atoms with E-state index < -0.39 is 5.82 Å². The second-order valence-electron chi connectivity index (χ2n) is 8.95. The molecule has 0 radical (unpaired) electrons. The number of likely N-dealkylation sites (N-methyl/N-ethyl adjacent to an activating group) is 1. The van der Waals surface area contributed by atoms with Gasteiger partial charge in [0.2, 0.25) is 5.91 Å². The smallest absolute Gasteiger partial charge is 0.257 e. The number of fused-ring (bicyclic) bond motifs is 1. The van der Waals surface area contributed by atoms with Crippen LogP contribution in [0.4, 0.5) is 10.1 Å². The van der Waals surface area contributed by atoms with E-state index in [1.807, 2.05) is 13.8 Å². The van der Waals surface area contributed by atoms with Crippen molar-refractivity contribution in [2.45, 2.75) is 32.9 Å². The summed E-state index contributed by atoms with van der Waals surface area (Å²) < 4.78 is 25.2. The fraction of sp³-hybridized carbons (Fsp3) is 0.423. The van der Waals surface area contributed by atoms with E-state index in [1.54, 1.807) is 42.2 Å². The lowest BCUT2D eigenvalue weighted by molar-refractivity contribution is -0.114. The van der Waals surface area contributed by atoms with E-state index in [0.717, 1.165) is 0 Å². The van der Waals surface area contributed by atoms with Crippen molar-refractivity contribution in [3.05, 3.63) is 59.4 Å². The summed E-state index contributed by atoms with van der Waals surface area (Å²) in [6.45, 7) is 5.96. The monoisotopic (exact) mass is 485 g/mol. The minimum absolute atomic E-state index is 0.102. The van der Waals surface area contributed by atoms with Gasteiger partial charge in [0.15, 0.2) is 0 Å². The van der Waals surface area contributed by atoms with E-state index in [4.69, 9.17) is 9.47 Å². The van der Waals surface area contributed by atoms with Crippen LogP contribution >= 0.6 is 0 Å². The van der Waals surface area contributed by atoms with Crippen molar-refractivity contribution in [3.63, 3.8) is 0 Å². The maximum Gasteiger partial charge on any atom is 0.257 e. The Morgan fingerprint density at radius 3 is 2.43 bits per heavy atom. The molecule has 2 aromatic carbocycles. The average molecular weight is 486 g/mol. The number of nitrogens with zero attached hydrogens (tertiary/aromatic N) is 2. The van der Waals surface area contributed by atoms with Crippen LogP contribution in [-0.4, -0.2) is 73.5 Å². The molecule has 0 aromatic heterocycles. The Balaban J connectivity index is 2.00. The maximum atomic E-state index is 13.4. The molecule has 1 N–H and O–H groups in total. The summed E-state index contributed by atoms with van der Waals surface area (Å²) in [6.07, 6.45) is -0.331. The Morgan fingerprint density at radius 1 is 1.11 bits per heavy atom. The lowest BCUT2D eigenvalue weighted by Crippen LogP contribution is -2.48. The molecule has 0 saturated heterocycles. The highest BCUT2D eigenvalue weighted by atomic mass is 19.1. The van der Waals surface area contributed by atoms with Crippen molar-refractivity contribution in [2.24, 2.45) is 5.92 Å². The number of carbonyl (C=O) groups excluding carboxylic acids is 3. The Bertz CT molecular complexity index is 1080. The molecule has 1 heterocycles. The molecule has 2 aromatic rings. The molecule has 0 saturated carbocycles. The van der Waals surface area contributed by atoms with Crippen molar-refractivity contribution < 1.29 is 28.2 Å². The summed E-state index contributed by atoms with van der Waals surface area (Å²) in [5.41, 5.74) is 1.20. The van der Waals surface area contributed by atoms with E-state index in [0.29, 0.717) is 35.7 Å². The van der Waals surface area contributed by atoms with E-state index in [1.165, 1.54) is 31.2 Å². The Labute approximate surface area is 205 Å². The van der Waals surface area contributed by atoms with Crippen molar-refractivity contribution >= 4 is 23.4 Å². The molecule has 0 aliphatic carbocycles. The molecular formula is C26H32FN3O5. The van der Waals surface area contributed by atoms with Crippen molar-refractivity contribution in [1.82, 2.24) is 9.80 Å². The Kier molecular flexibility index (Phi) is 8.45. The molecule has 35 heavy (non-hydrogen) atoms. The first-order valence-corrected chi connectivity index (χ1v) is 11.5. The zero-order valence-electron chi connectivity index (χ0n) is 20.7. The van der Waals surface area contributed by atoms with Crippen molar-refractivity contribution in [3.8, 4) is 5.75 Å². The molecule has 1 aliphatic heterocycles. The van der Waals surface area contributed by atoms with Gasteiger partial charge < -0.3 is 24.6 Å². The van der Waals surface area contributed by atoms with E-state index in [9.17, 15) is 18.8 Å². The molecule has 3 atom stereocenters. The summed E-state index contributed by atoms with van der Waals surface area (Å²) in [5.74, 6) is -0.964. The van der Waals surface area contributed by atoms with Crippen LogP contribution in [0.5, 0.6) is 5.75 Å². The van der Waals surface area contributed by atoms with Gasteiger partial charge in [-0.1, -0.05) is 6.92 Å². The highest BCUT2D eigenvalue weighted by Crippen LogP contribution is 2.27. The summed E-state index contributed by atoms with van der Waals surface area (Å²) in [7, 11) is 3.26. The number of ether oxygens (including phenoxy) is 2. The van der Waals surface area contributed by atoms with Crippen LogP contribution in [0.15, 0.2) is 42.5 Å². The molecule has 8 nitrogen and oxygen atoms in total. The van der Waals surface area contributed by atoms with E-state index >= 15 is 0 Å². The number of hydrogen-bond acceptors (Lipinski definition) is 5. The van der Waals surface area contributed by atoms with Gasteiger partial charge in [0.25, 0.3) is 11.8 Å². The lowest BCUT2D eigenvalue weighted by atomic mass is 10.0. The van der Waals surface area contributed by atoms with Crippen LogP contribution in [0.2, 0.25) is 0 Å². The largest absolute Gasteiger partial charge is 0.491 e. The number of benzene rings is 2. The molecule has 1 aliphatic rings. The predicted octanol–water partition coefficient (Wildman–Crippen LogP) is 3.43. The molecule has 0 bridgehead atoms. The average Bonchev–Trinajstić information content (AvgIpc) is 2.82. The number of carbonyl (C=O) groups is 3. The topological polar surface area (TPSA) is 88.2 Å². The third-order valence-electron chi connectivity index (χ3n) is 6.12. The van der Waals surface area contributed by atoms with Gasteiger partial charge in [-0.05, 0) is 43.3 Å². The second kappa shape index (κ2) is 11.3. The standard InChI is InChI=1S/C26H32FN3O5/c1-16-13-30(25(32)19-6-8-20(27)9-7-19)17(2)15-35-23-12-21(28-18(3)31)10-11-22(23)26(33)29(4)14-24(16)34-5/h6-12,16-17,24H,13-15H2,1-5H3,(H,28,31)/t16-,17-,24+/m0/s1. The first-order valence-electron chi connectivity index (χ1n) is 11.5. The van der Waals surface area contributed by atoms with Gasteiger partial charge in [0.1, 0.15) is 18.2 Å². The number of amides is 3. The Morgan fingerprint density at radius 2 is 1.80 bits per heavy atom. The molecule has 0 unspecified atom stereocenters. The zero-order valence-corrected chi connectivity index (χ0v) is 20.7. The lowest BCUT2D eigenvalue weighted by Gasteiger charge is -2.36. The number of rotatable bonds is 3. The summed E-state index contributed by atoms with van der Waals surface area (Å²) in [6, 6.07) is 9.91. The highest BCUT2D eigenvalue weighted by molar-refractivity contribution is 5.98. The molecule has 0 spiro atoms. The minimum Gasteiger partial charge on any atom is -0.491 e. The van der Waals surface area contributed by atoms with E-state index in [2.05, 4.69) is 5.32 Å². The minimum atomic E-state index is -0.418. The molecule has 3 amide bonds. The summed E-state index contributed by atoms with van der Waals surface area (Å²) >= 11 is 0. The molecule has 0 fully saturated rings. The van der Waals surface area contributed by atoms with Crippen LogP contribution in [0.25, 0.3) is 0 Å². The first kappa shape index (κ1) is 26.2. The molecule has 188 valence electrons. The van der Waals surface area contributed by atoms with Gasteiger partial charge in [-0.3, -0.25) is 14.4 Å². The number of halogens is 1. The van der Waals surface area contributed by atoms with Gasteiger partial charge in [-0.2, -0.15) is 0 Å². The Hall–Kier alpha value is -3.46. The number of nitrogens with one attached hydrogen (secondary N) is 1. The molecule has 9 heteroatoms. The van der Waals surface area contributed by atoms with Gasteiger partial charge in [-0.25, -0.2) is 4.39 Å². The van der Waals surface area contributed by atoms with Crippen LogP contribution in [0, 0.1) is 11.7 Å². The maximum absolute atomic E-state index is 13.4. The van der Waals surface area contributed by atoms with Gasteiger partial charge >= 0.3 is 0 Å². The van der Waals surface area contributed by atoms with Gasteiger partial charge in [0.05, 0.1) is 17.7 Å². The second-order valence-corrected chi connectivity index (χ2v) is 8.95. The van der Waals surface area contributed by atoms with Crippen LogP contribution < -0.4 is 10.1 Å². The predicted molar refractivity (Wildman–Crippen MR) is 130 cm³/mol. The number of methoxy groups -OCH3 is 1. The summed E-state index contributed by atoms with van der Waals surface area (Å²) in [4.78, 5) is 41.4. The zero-order chi connectivity index (χ0) is 25.7. The normalized spacial score (nSPS) is 21.3. The third-order valence-corrected chi connectivity index (χ3v) is 6.12. The first-order chi connectivity index (χ1) is 16.6. The van der Waals surface area contributed by atoms with Gasteiger partial charge in [-0.15, -0.1) is 0 Å². The van der Waals surface area contributed by atoms with Crippen molar-refractivity contribution in [1.29, 1.82) is 0 Å². The fourth-order valence-corrected chi connectivity index (χ4v) is 4.09. The van der Waals surface area contributed by atoms with Crippen LogP contribution in [0.3, 0.4) is 0 Å².